The van der Waals surface area contributed by atoms with Crippen LogP contribution in [0.3, 0.4) is 0 Å². The van der Waals surface area contributed by atoms with Crippen LogP contribution in [-0.4, -0.2) is 35.2 Å². The summed E-state index contributed by atoms with van der Waals surface area (Å²) in [5.74, 6) is -0.232. The molecule has 1 aromatic heterocycles. The lowest BCUT2D eigenvalue weighted by molar-refractivity contribution is -0.139. The lowest BCUT2D eigenvalue weighted by Crippen LogP contribution is -2.29. The summed E-state index contributed by atoms with van der Waals surface area (Å²) in [6, 6.07) is 4.65. The fourth-order valence-corrected chi connectivity index (χ4v) is 3.67. The Hall–Kier alpha value is -2.61. The van der Waals surface area contributed by atoms with Gasteiger partial charge < -0.3 is 19.9 Å². The van der Waals surface area contributed by atoms with Crippen molar-refractivity contribution in [3.05, 3.63) is 39.8 Å². The summed E-state index contributed by atoms with van der Waals surface area (Å²) >= 11 is 1.56. The average molecular weight is 390 g/mol. The van der Waals surface area contributed by atoms with E-state index < -0.39 is 12.6 Å². The molecule has 7 nitrogen and oxygen atoms in total. The number of hydrogen-bond donors (Lipinski definition) is 2. The summed E-state index contributed by atoms with van der Waals surface area (Å²) in [6.07, 6.45) is 2.16. The standard InChI is InChI=1S/C19H22N2O5S/c1-3-25-15-8-13(6-7-14(15)26-9-16(22)23)18(24)21-17(12-4-5-12)19-20-11(2)10-27-19/h6-8,10,12,17H,3-5,9H2,1-2H3,(H,21,24)(H,22,23). The molecule has 1 amide bonds. The summed E-state index contributed by atoms with van der Waals surface area (Å²) in [7, 11) is 0. The molecule has 0 radical (unpaired) electrons. The highest BCUT2D eigenvalue weighted by atomic mass is 32.1. The van der Waals surface area contributed by atoms with Gasteiger partial charge in [0.2, 0.25) is 0 Å². The van der Waals surface area contributed by atoms with Gasteiger partial charge in [-0.25, -0.2) is 9.78 Å². The van der Waals surface area contributed by atoms with Crippen LogP contribution in [-0.2, 0) is 4.79 Å². The predicted octanol–water partition coefficient (Wildman–Crippen LogP) is 3.19. The predicted molar refractivity (Wildman–Crippen MR) is 101 cm³/mol. The number of carboxylic acids is 1. The molecule has 144 valence electrons. The van der Waals surface area contributed by atoms with Crippen LogP contribution >= 0.6 is 11.3 Å². The summed E-state index contributed by atoms with van der Waals surface area (Å²) in [5.41, 5.74) is 1.38. The zero-order valence-electron chi connectivity index (χ0n) is 15.2. The summed E-state index contributed by atoms with van der Waals surface area (Å²) in [5, 5.41) is 14.8. The van der Waals surface area contributed by atoms with E-state index in [2.05, 4.69) is 10.3 Å². The molecular weight excluding hydrogens is 368 g/mol. The van der Waals surface area contributed by atoms with Crippen molar-refractivity contribution < 1.29 is 24.2 Å². The second-order valence-corrected chi connectivity index (χ2v) is 7.28. The van der Waals surface area contributed by atoms with Crippen molar-refractivity contribution in [3.63, 3.8) is 0 Å². The second kappa shape index (κ2) is 8.39. The van der Waals surface area contributed by atoms with Gasteiger partial charge in [0.1, 0.15) is 5.01 Å². The number of carbonyl (C=O) groups excluding carboxylic acids is 1. The number of thiazole rings is 1. The highest BCUT2D eigenvalue weighted by Crippen LogP contribution is 2.42. The lowest BCUT2D eigenvalue weighted by atomic mass is 10.1. The number of carboxylic acid groups (broad SMARTS) is 1. The number of nitrogens with zero attached hydrogens (tertiary/aromatic N) is 1. The van der Waals surface area contributed by atoms with Crippen molar-refractivity contribution in [1.82, 2.24) is 10.3 Å². The average Bonchev–Trinajstić information content (AvgIpc) is 3.39. The van der Waals surface area contributed by atoms with E-state index in [9.17, 15) is 9.59 Å². The van der Waals surface area contributed by atoms with Gasteiger partial charge in [0.05, 0.1) is 12.6 Å². The minimum absolute atomic E-state index is 0.0883. The molecule has 0 saturated heterocycles. The third kappa shape index (κ3) is 4.97. The molecule has 1 aliphatic rings. The van der Waals surface area contributed by atoms with E-state index in [1.54, 1.807) is 29.5 Å². The number of nitrogens with one attached hydrogen (secondary N) is 1. The van der Waals surface area contributed by atoms with Crippen LogP contribution in [0.1, 0.15) is 46.9 Å². The molecule has 1 saturated carbocycles. The number of hydrogen-bond acceptors (Lipinski definition) is 6. The van der Waals surface area contributed by atoms with Crippen molar-refractivity contribution in [2.24, 2.45) is 5.92 Å². The number of ether oxygens (including phenoxy) is 2. The Balaban J connectivity index is 1.76. The van der Waals surface area contributed by atoms with Gasteiger partial charge in [0.15, 0.2) is 18.1 Å². The third-order valence-electron chi connectivity index (χ3n) is 4.14. The fraction of sp³-hybridized carbons (Fsp3) is 0.421. The topological polar surface area (TPSA) is 97.8 Å². The Morgan fingerprint density at radius 2 is 2.11 bits per heavy atom. The number of aliphatic carboxylic acids is 1. The van der Waals surface area contributed by atoms with Crippen LogP contribution in [0.5, 0.6) is 11.5 Å². The fourth-order valence-electron chi connectivity index (χ4n) is 2.73. The van der Waals surface area contributed by atoms with E-state index in [4.69, 9.17) is 14.6 Å². The molecule has 1 unspecified atom stereocenters. The molecule has 1 heterocycles. The summed E-state index contributed by atoms with van der Waals surface area (Å²) < 4.78 is 10.7. The minimum atomic E-state index is -1.08. The first-order chi connectivity index (χ1) is 13.0. The smallest absolute Gasteiger partial charge is 0.341 e. The number of aryl methyl sites for hydroxylation is 1. The number of amides is 1. The van der Waals surface area contributed by atoms with E-state index in [0.717, 1.165) is 23.5 Å². The zero-order chi connectivity index (χ0) is 19.4. The maximum absolute atomic E-state index is 12.8. The van der Waals surface area contributed by atoms with Crippen LogP contribution in [0.25, 0.3) is 0 Å². The van der Waals surface area contributed by atoms with Crippen molar-refractivity contribution in [1.29, 1.82) is 0 Å². The lowest BCUT2D eigenvalue weighted by Gasteiger charge is -2.17. The zero-order valence-corrected chi connectivity index (χ0v) is 16.0. The summed E-state index contributed by atoms with van der Waals surface area (Å²) in [6.45, 7) is 3.65. The quantitative estimate of drug-likeness (QED) is 0.682. The van der Waals surface area contributed by atoms with Crippen LogP contribution in [0.4, 0.5) is 0 Å². The van der Waals surface area contributed by atoms with Gasteiger partial charge in [-0.15, -0.1) is 11.3 Å². The van der Waals surface area contributed by atoms with Crippen LogP contribution in [0, 0.1) is 12.8 Å². The summed E-state index contributed by atoms with van der Waals surface area (Å²) in [4.78, 5) is 28.0. The van der Waals surface area contributed by atoms with E-state index >= 15 is 0 Å². The highest BCUT2D eigenvalue weighted by molar-refractivity contribution is 7.09. The molecule has 3 rings (SSSR count). The highest BCUT2D eigenvalue weighted by Gasteiger charge is 2.35. The Morgan fingerprint density at radius 1 is 1.33 bits per heavy atom. The number of aromatic nitrogens is 1. The van der Waals surface area contributed by atoms with Gasteiger partial charge in [-0.05, 0) is 50.8 Å². The molecule has 2 aromatic rings. The molecule has 1 fully saturated rings. The van der Waals surface area contributed by atoms with Crippen LogP contribution in [0.15, 0.2) is 23.6 Å². The van der Waals surface area contributed by atoms with Crippen molar-refractivity contribution >= 4 is 23.2 Å². The van der Waals surface area contributed by atoms with Crippen molar-refractivity contribution in [3.8, 4) is 11.5 Å². The van der Waals surface area contributed by atoms with Gasteiger partial charge in [-0.2, -0.15) is 0 Å². The van der Waals surface area contributed by atoms with E-state index in [1.165, 1.54) is 0 Å². The number of benzene rings is 1. The Morgan fingerprint density at radius 3 is 2.70 bits per heavy atom. The molecule has 27 heavy (non-hydrogen) atoms. The molecule has 1 atom stereocenters. The monoisotopic (exact) mass is 390 g/mol. The molecule has 1 aromatic carbocycles. The van der Waals surface area contributed by atoms with Gasteiger partial charge in [0.25, 0.3) is 5.91 Å². The first-order valence-electron chi connectivity index (χ1n) is 8.82. The normalized spacial score (nSPS) is 14.4. The van der Waals surface area contributed by atoms with Crippen molar-refractivity contribution in [2.75, 3.05) is 13.2 Å². The van der Waals surface area contributed by atoms with E-state index in [1.807, 2.05) is 19.2 Å². The first kappa shape index (κ1) is 19.2. The molecule has 1 aliphatic carbocycles. The van der Waals surface area contributed by atoms with Gasteiger partial charge >= 0.3 is 5.97 Å². The van der Waals surface area contributed by atoms with Gasteiger partial charge in [0, 0.05) is 16.6 Å². The van der Waals surface area contributed by atoms with Crippen LogP contribution < -0.4 is 14.8 Å². The largest absolute Gasteiger partial charge is 0.490 e. The molecular formula is C19H22N2O5S. The van der Waals surface area contributed by atoms with Gasteiger partial charge in [-0.3, -0.25) is 4.79 Å². The van der Waals surface area contributed by atoms with E-state index in [-0.39, 0.29) is 11.9 Å². The molecule has 0 spiro atoms. The second-order valence-electron chi connectivity index (χ2n) is 6.39. The van der Waals surface area contributed by atoms with Crippen molar-refractivity contribution in [2.45, 2.75) is 32.7 Å². The van der Waals surface area contributed by atoms with Crippen LogP contribution in [0.2, 0.25) is 0 Å². The Bertz CT molecular complexity index is 831. The molecule has 2 N–H and O–H groups in total. The van der Waals surface area contributed by atoms with Gasteiger partial charge in [-0.1, -0.05) is 0 Å². The maximum Gasteiger partial charge on any atom is 0.341 e. The molecule has 0 aliphatic heterocycles. The molecule has 0 bridgehead atoms. The number of rotatable bonds is 9. The third-order valence-corrected chi connectivity index (χ3v) is 5.19. The SMILES string of the molecule is CCOc1cc(C(=O)NC(c2nc(C)cs2)C2CC2)ccc1OCC(=O)O. The maximum atomic E-state index is 12.8. The minimum Gasteiger partial charge on any atom is -0.490 e. The Labute approximate surface area is 161 Å². The van der Waals surface area contributed by atoms with E-state index in [0.29, 0.717) is 29.6 Å². The Kier molecular flexibility index (Phi) is 5.95. The number of carbonyl (C=O) groups is 2. The first-order valence-corrected chi connectivity index (χ1v) is 9.70. The molecule has 8 heteroatoms.